The second-order valence-electron chi connectivity index (χ2n) is 3.56. The van der Waals surface area contributed by atoms with Crippen LogP contribution >= 0.6 is 0 Å². The Balaban J connectivity index is 1.93. The van der Waals surface area contributed by atoms with Crippen LogP contribution in [0.15, 0.2) is 12.3 Å². The SMILES string of the molecule is CCCCC1CCn2nccc2O1. The van der Waals surface area contributed by atoms with Gasteiger partial charge in [-0.3, -0.25) is 0 Å². The summed E-state index contributed by atoms with van der Waals surface area (Å²) in [6.45, 7) is 3.23. The number of hydrogen-bond acceptors (Lipinski definition) is 2. The maximum Gasteiger partial charge on any atom is 0.211 e. The molecule has 0 amide bonds. The molecule has 0 N–H and O–H groups in total. The van der Waals surface area contributed by atoms with Gasteiger partial charge in [-0.25, -0.2) is 4.68 Å². The van der Waals surface area contributed by atoms with Crippen LogP contribution in [0.1, 0.15) is 32.6 Å². The molecular formula is C10H16N2O. The lowest BCUT2D eigenvalue weighted by Gasteiger charge is -2.24. The van der Waals surface area contributed by atoms with Gasteiger partial charge < -0.3 is 4.74 Å². The zero-order valence-corrected chi connectivity index (χ0v) is 8.07. The second-order valence-corrected chi connectivity index (χ2v) is 3.56. The van der Waals surface area contributed by atoms with Crippen molar-refractivity contribution >= 4 is 0 Å². The van der Waals surface area contributed by atoms with Crippen molar-refractivity contribution in [3.63, 3.8) is 0 Å². The second kappa shape index (κ2) is 3.81. The van der Waals surface area contributed by atoms with Crippen LogP contribution < -0.4 is 4.74 Å². The number of unbranched alkanes of at least 4 members (excludes halogenated alkanes) is 1. The Morgan fingerprint density at radius 3 is 3.46 bits per heavy atom. The van der Waals surface area contributed by atoms with E-state index in [0.717, 1.165) is 18.8 Å². The average Bonchev–Trinajstić information content (AvgIpc) is 2.61. The van der Waals surface area contributed by atoms with Gasteiger partial charge in [0.25, 0.3) is 0 Å². The molecule has 3 nitrogen and oxygen atoms in total. The molecule has 72 valence electrons. The monoisotopic (exact) mass is 180 g/mol. The highest BCUT2D eigenvalue weighted by Crippen LogP contribution is 2.22. The molecule has 0 aliphatic carbocycles. The minimum atomic E-state index is 0.421. The Labute approximate surface area is 78.7 Å². The summed E-state index contributed by atoms with van der Waals surface area (Å²) in [6.07, 6.45) is 7.02. The van der Waals surface area contributed by atoms with E-state index in [-0.39, 0.29) is 0 Å². The molecule has 0 aromatic carbocycles. The van der Waals surface area contributed by atoms with E-state index in [1.807, 2.05) is 10.7 Å². The van der Waals surface area contributed by atoms with Gasteiger partial charge in [-0.2, -0.15) is 5.10 Å². The lowest BCUT2D eigenvalue weighted by molar-refractivity contribution is 0.123. The van der Waals surface area contributed by atoms with Crippen molar-refractivity contribution in [3.05, 3.63) is 12.3 Å². The van der Waals surface area contributed by atoms with Crippen molar-refractivity contribution in [3.8, 4) is 5.88 Å². The molecule has 1 atom stereocenters. The molecule has 0 spiro atoms. The summed E-state index contributed by atoms with van der Waals surface area (Å²) in [5.41, 5.74) is 0. The fourth-order valence-corrected chi connectivity index (χ4v) is 1.72. The topological polar surface area (TPSA) is 27.1 Å². The normalized spacial score (nSPS) is 20.8. The molecule has 0 bridgehead atoms. The molecule has 0 radical (unpaired) electrons. The van der Waals surface area contributed by atoms with Gasteiger partial charge in [0.1, 0.15) is 6.10 Å². The fraction of sp³-hybridized carbons (Fsp3) is 0.700. The van der Waals surface area contributed by atoms with Gasteiger partial charge in [-0.1, -0.05) is 19.8 Å². The number of rotatable bonds is 3. The van der Waals surface area contributed by atoms with Crippen LogP contribution in [0, 0.1) is 0 Å². The smallest absolute Gasteiger partial charge is 0.211 e. The molecule has 3 heteroatoms. The molecule has 13 heavy (non-hydrogen) atoms. The van der Waals surface area contributed by atoms with Crippen LogP contribution in [0.3, 0.4) is 0 Å². The zero-order valence-electron chi connectivity index (χ0n) is 8.07. The van der Waals surface area contributed by atoms with Crippen molar-refractivity contribution < 1.29 is 4.74 Å². The molecule has 2 rings (SSSR count). The van der Waals surface area contributed by atoms with E-state index in [2.05, 4.69) is 12.0 Å². The Bertz CT molecular complexity index is 270. The van der Waals surface area contributed by atoms with Crippen LogP contribution in [0.4, 0.5) is 0 Å². The molecular weight excluding hydrogens is 164 g/mol. The minimum absolute atomic E-state index is 0.421. The highest BCUT2D eigenvalue weighted by atomic mass is 16.5. The highest BCUT2D eigenvalue weighted by molar-refractivity contribution is 5.09. The van der Waals surface area contributed by atoms with E-state index in [0.29, 0.717) is 6.10 Å². The van der Waals surface area contributed by atoms with E-state index in [9.17, 15) is 0 Å². The van der Waals surface area contributed by atoms with Gasteiger partial charge >= 0.3 is 0 Å². The average molecular weight is 180 g/mol. The van der Waals surface area contributed by atoms with Gasteiger partial charge in [0.15, 0.2) is 0 Å². The minimum Gasteiger partial charge on any atom is -0.474 e. The first-order valence-electron chi connectivity index (χ1n) is 5.08. The summed E-state index contributed by atoms with van der Waals surface area (Å²) >= 11 is 0. The van der Waals surface area contributed by atoms with Crippen LogP contribution in [-0.4, -0.2) is 15.9 Å². The number of ether oxygens (including phenoxy) is 1. The lowest BCUT2D eigenvalue weighted by atomic mass is 10.1. The number of nitrogens with zero attached hydrogens (tertiary/aromatic N) is 2. The summed E-state index contributed by atoms with van der Waals surface area (Å²) in [4.78, 5) is 0. The Hall–Kier alpha value is -0.990. The van der Waals surface area contributed by atoms with Gasteiger partial charge in [0.2, 0.25) is 5.88 Å². The number of hydrogen-bond donors (Lipinski definition) is 0. The third-order valence-corrected chi connectivity index (χ3v) is 2.51. The molecule has 1 aromatic rings. The van der Waals surface area contributed by atoms with Crippen molar-refractivity contribution in [1.82, 2.24) is 9.78 Å². The molecule has 2 heterocycles. The summed E-state index contributed by atoms with van der Waals surface area (Å²) in [5, 5.41) is 4.16. The standard InChI is InChI=1S/C10H16N2O/c1-2-3-4-9-6-8-12-10(13-9)5-7-11-12/h5,7,9H,2-4,6,8H2,1H3. The van der Waals surface area contributed by atoms with Crippen LogP contribution in [0.5, 0.6) is 5.88 Å². The molecule has 0 fully saturated rings. The molecule has 1 aliphatic rings. The van der Waals surface area contributed by atoms with Crippen molar-refractivity contribution in [2.45, 2.75) is 45.3 Å². The summed E-state index contributed by atoms with van der Waals surface area (Å²) in [5.74, 6) is 0.937. The molecule has 1 aromatic heterocycles. The Morgan fingerprint density at radius 2 is 2.62 bits per heavy atom. The largest absolute Gasteiger partial charge is 0.474 e. The van der Waals surface area contributed by atoms with Crippen molar-refractivity contribution in [1.29, 1.82) is 0 Å². The quantitative estimate of drug-likeness (QED) is 0.713. The van der Waals surface area contributed by atoms with E-state index >= 15 is 0 Å². The maximum atomic E-state index is 5.77. The fourth-order valence-electron chi connectivity index (χ4n) is 1.72. The molecule has 1 unspecified atom stereocenters. The van der Waals surface area contributed by atoms with Crippen LogP contribution in [-0.2, 0) is 6.54 Å². The van der Waals surface area contributed by atoms with Crippen LogP contribution in [0.2, 0.25) is 0 Å². The first kappa shape index (κ1) is 8.60. The number of aryl methyl sites for hydroxylation is 1. The third kappa shape index (κ3) is 1.85. The van der Waals surface area contributed by atoms with Gasteiger partial charge in [0.05, 0.1) is 6.20 Å². The van der Waals surface area contributed by atoms with Gasteiger partial charge in [-0.15, -0.1) is 0 Å². The lowest BCUT2D eigenvalue weighted by Crippen LogP contribution is -2.25. The first-order valence-corrected chi connectivity index (χ1v) is 5.08. The van der Waals surface area contributed by atoms with Gasteiger partial charge in [-0.05, 0) is 6.42 Å². The van der Waals surface area contributed by atoms with E-state index in [4.69, 9.17) is 4.74 Å². The van der Waals surface area contributed by atoms with Crippen LogP contribution in [0.25, 0.3) is 0 Å². The van der Waals surface area contributed by atoms with Crippen molar-refractivity contribution in [2.24, 2.45) is 0 Å². The highest BCUT2D eigenvalue weighted by Gasteiger charge is 2.18. The Morgan fingerprint density at radius 1 is 1.69 bits per heavy atom. The number of fused-ring (bicyclic) bond motifs is 1. The predicted molar refractivity (Wildman–Crippen MR) is 50.8 cm³/mol. The van der Waals surface area contributed by atoms with E-state index in [1.165, 1.54) is 19.3 Å². The summed E-state index contributed by atoms with van der Waals surface area (Å²) in [7, 11) is 0. The van der Waals surface area contributed by atoms with Crippen molar-refractivity contribution in [2.75, 3.05) is 0 Å². The summed E-state index contributed by atoms with van der Waals surface area (Å²) < 4.78 is 7.71. The maximum absolute atomic E-state index is 5.77. The predicted octanol–water partition coefficient (Wildman–Crippen LogP) is 2.22. The summed E-state index contributed by atoms with van der Waals surface area (Å²) in [6, 6.07) is 1.94. The Kier molecular flexibility index (Phi) is 2.52. The van der Waals surface area contributed by atoms with Gasteiger partial charge in [0, 0.05) is 19.0 Å². The zero-order chi connectivity index (χ0) is 9.10. The van der Waals surface area contributed by atoms with E-state index in [1.54, 1.807) is 6.20 Å². The third-order valence-electron chi connectivity index (χ3n) is 2.51. The molecule has 1 aliphatic heterocycles. The first-order chi connectivity index (χ1) is 6.40. The number of aromatic nitrogens is 2. The molecule has 0 saturated carbocycles. The molecule has 0 saturated heterocycles. The van der Waals surface area contributed by atoms with E-state index < -0.39 is 0 Å².